The van der Waals surface area contributed by atoms with E-state index in [0.717, 1.165) is 28.6 Å². The second-order valence-electron chi connectivity index (χ2n) is 6.91. The zero-order chi connectivity index (χ0) is 19.5. The number of hydrogen-bond acceptors (Lipinski definition) is 3. The topological polar surface area (TPSA) is 68.3 Å². The molecule has 0 aliphatic carbocycles. The molecule has 4 rings (SSSR count). The van der Waals surface area contributed by atoms with Crippen molar-refractivity contribution in [2.24, 2.45) is 0 Å². The van der Waals surface area contributed by atoms with Crippen molar-refractivity contribution < 1.29 is 10.0 Å². The average molecular weight is 372 g/mol. The van der Waals surface area contributed by atoms with Crippen LogP contribution in [-0.4, -0.2) is 21.1 Å². The number of aromatic nitrogens is 1. The van der Waals surface area contributed by atoms with E-state index < -0.39 is 0 Å². The van der Waals surface area contributed by atoms with Gasteiger partial charge >= 0.3 is 0 Å². The Bertz CT molecular complexity index is 1100. The molecule has 1 atom stereocenters. The number of hydrogen-bond donors (Lipinski definition) is 1. The Morgan fingerprint density at radius 3 is 2.36 bits per heavy atom. The average Bonchev–Trinajstić information content (AvgIpc) is 3.09. The van der Waals surface area contributed by atoms with Crippen molar-refractivity contribution in [3.8, 4) is 5.75 Å². The summed E-state index contributed by atoms with van der Waals surface area (Å²) < 4.78 is 2.18. The predicted octanol–water partition coefficient (Wildman–Crippen LogP) is 4.80. The van der Waals surface area contributed by atoms with Gasteiger partial charge in [-0.1, -0.05) is 48.5 Å². The molecule has 0 saturated carbocycles. The zero-order valence-corrected chi connectivity index (χ0v) is 15.2. The van der Waals surface area contributed by atoms with E-state index in [4.69, 9.17) is 0 Å². The minimum absolute atomic E-state index is 0.150. The SMILES string of the molecule is O=[N+]([O-])CC(c1ccc(O)cc1)c1ccc2c(ccn2Cc2ccccc2)c1. The molecule has 0 spiro atoms. The van der Waals surface area contributed by atoms with Gasteiger partial charge in [0.2, 0.25) is 6.54 Å². The standard InChI is InChI=1S/C23H20N2O3/c26-21-9-6-18(7-10-21)22(16-25(27)28)19-8-11-23-20(14-19)12-13-24(23)15-17-4-2-1-3-5-17/h1-14,22,26H,15-16H2. The number of aromatic hydroxyl groups is 1. The zero-order valence-electron chi connectivity index (χ0n) is 15.2. The summed E-state index contributed by atoms with van der Waals surface area (Å²) >= 11 is 0. The molecule has 1 N–H and O–H groups in total. The van der Waals surface area contributed by atoms with E-state index in [0.29, 0.717) is 0 Å². The van der Waals surface area contributed by atoms with Crippen molar-refractivity contribution >= 4 is 10.9 Å². The molecular weight excluding hydrogens is 352 g/mol. The Hall–Kier alpha value is -3.60. The molecule has 28 heavy (non-hydrogen) atoms. The van der Waals surface area contributed by atoms with Crippen LogP contribution in [0.2, 0.25) is 0 Å². The lowest BCUT2D eigenvalue weighted by Crippen LogP contribution is -2.14. The van der Waals surface area contributed by atoms with E-state index in [9.17, 15) is 15.2 Å². The van der Waals surface area contributed by atoms with E-state index in [1.807, 2.05) is 48.7 Å². The summed E-state index contributed by atoms with van der Waals surface area (Å²) in [6.45, 7) is 0.584. The predicted molar refractivity (Wildman–Crippen MR) is 109 cm³/mol. The maximum Gasteiger partial charge on any atom is 0.214 e. The number of phenolic OH excluding ortho intramolecular Hbond substituents is 1. The molecule has 1 unspecified atom stereocenters. The lowest BCUT2D eigenvalue weighted by Gasteiger charge is -2.15. The molecule has 140 valence electrons. The highest BCUT2D eigenvalue weighted by molar-refractivity contribution is 5.81. The fourth-order valence-corrected chi connectivity index (χ4v) is 3.61. The highest BCUT2D eigenvalue weighted by Crippen LogP contribution is 2.29. The molecule has 0 saturated heterocycles. The van der Waals surface area contributed by atoms with Crippen molar-refractivity contribution in [2.45, 2.75) is 12.5 Å². The van der Waals surface area contributed by atoms with E-state index in [1.54, 1.807) is 24.3 Å². The summed E-state index contributed by atoms with van der Waals surface area (Å²) in [4.78, 5) is 11.0. The second-order valence-corrected chi connectivity index (χ2v) is 6.91. The Morgan fingerprint density at radius 1 is 0.929 bits per heavy atom. The summed E-state index contributed by atoms with van der Waals surface area (Å²) in [5.41, 5.74) is 4.03. The molecule has 0 radical (unpaired) electrons. The normalized spacial score (nSPS) is 12.1. The summed E-state index contributed by atoms with van der Waals surface area (Å²) in [6, 6.07) is 24.9. The Morgan fingerprint density at radius 2 is 1.64 bits per heavy atom. The van der Waals surface area contributed by atoms with Gasteiger partial charge in [-0.15, -0.1) is 0 Å². The molecule has 3 aromatic carbocycles. The van der Waals surface area contributed by atoms with Crippen LogP contribution in [-0.2, 0) is 6.54 Å². The minimum atomic E-state index is -0.363. The summed E-state index contributed by atoms with van der Waals surface area (Å²) in [6.07, 6.45) is 2.05. The number of nitro groups is 1. The quantitative estimate of drug-likeness (QED) is 0.390. The Kier molecular flexibility index (Phi) is 4.81. The van der Waals surface area contributed by atoms with Crippen molar-refractivity contribution in [3.05, 3.63) is 112 Å². The first-order valence-electron chi connectivity index (χ1n) is 9.13. The van der Waals surface area contributed by atoms with Crippen molar-refractivity contribution in [1.29, 1.82) is 0 Å². The van der Waals surface area contributed by atoms with E-state index in [-0.39, 0.29) is 23.1 Å². The smallest absolute Gasteiger partial charge is 0.214 e. The van der Waals surface area contributed by atoms with Crippen LogP contribution >= 0.6 is 0 Å². The van der Waals surface area contributed by atoms with Crippen LogP contribution < -0.4 is 0 Å². The number of nitrogens with zero attached hydrogens (tertiary/aromatic N) is 2. The monoisotopic (exact) mass is 372 g/mol. The molecule has 1 heterocycles. The van der Waals surface area contributed by atoms with Crippen LogP contribution in [0.4, 0.5) is 0 Å². The molecule has 0 amide bonds. The molecule has 0 bridgehead atoms. The van der Waals surface area contributed by atoms with Crippen LogP contribution in [0.25, 0.3) is 10.9 Å². The first-order chi connectivity index (χ1) is 13.6. The van der Waals surface area contributed by atoms with Gasteiger partial charge in [-0.2, -0.15) is 0 Å². The molecule has 1 aromatic heterocycles. The fourth-order valence-electron chi connectivity index (χ4n) is 3.61. The minimum Gasteiger partial charge on any atom is -0.508 e. The Labute approximate surface area is 162 Å². The van der Waals surface area contributed by atoms with Crippen LogP contribution in [0.5, 0.6) is 5.75 Å². The van der Waals surface area contributed by atoms with Crippen LogP contribution in [0.15, 0.2) is 85.1 Å². The van der Waals surface area contributed by atoms with Crippen molar-refractivity contribution in [3.63, 3.8) is 0 Å². The third-order valence-electron chi connectivity index (χ3n) is 5.02. The van der Waals surface area contributed by atoms with Crippen LogP contribution in [0.1, 0.15) is 22.6 Å². The first kappa shape index (κ1) is 17.8. The highest BCUT2D eigenvalue weighted by atomic mass is 16.6. The fraction of sp³-hybridized carbons (Fsp3) is 0.130. The van der Waals surface area contributed by atoms with Gasteiger partial charge in [0.25, 0.3) is 0 Å². The van der Waals surface area contributed by atoms with Gasteiger partial charge in [0, 0.05) is 23.2 Å². The van der Waals surface area contributed by atoms with Gasteiger partial charge in [0.1, 0.15) is 5.75 Å². The van der Waals surface area contributed by atoms with Crippen molar-refractivity contribution in [2.75, 3.05) is 6.54 Å². The molecule has 0 fully saturated rings. The van der Waals surface area contributed by atoms with Crippen molar-refractivity contribution in [1.82, 2.24) is 4.57 Å². The van der Waals surface area contributed by atoms with Crippen LogP contribution in [0.3, 0.4) is 0 Å². The van der Waals surface area contributed by atoms with E-state index >= 15 is 0 Å². The number of fused-ring (bicyclic) bond motifs is 1. The molecule has 4 aromatic rings. The second kappa shape index (κ2) is 7.56. The Balaban J connectivity index is 1.69. The number of benzene rings is 3. The van der Waals surface area contributed by atoms with Gasteiger partial charge in [-0.25, -0.2) is 0 Å². The van der Waals surface area contributed by atoms with Gasteiger partial charge in [0.05, 0.1) is 5.92 Å². The first-order valence-corrected chi connectivity index (χ1v) is 9.13. The molecule has 5 nitrogen and oxygen atoms in total. The third-order valence-corrected chi connectivity index (χ3v) is 5.02. The summed E-state index contributed by atoms with van der Waals surface area (Å²) in [5, 5.41) is 21.8. The van der Waals surface area contributed by atoms with Gasteiger partial charge in [-0.3, -0.25) is 10.1 Å². The number of phenols is 1. The lowest BCUT2D eigenvalue weighted by molar-refractivity contribution is -0.481. The van der Waals surface area contributed by atoms with E-state index in [2.05, 4.69) is 16.7 Å². The maximum absolute atomic E-state index is 11.2. The van der Waals surface area contributed by atoms with Crippen LogP contribution in [0, 0.1) is 10.1 Å². The third kappa shape index (κ3) is 3.74. The largest absolute Gasteiger partial charge is 0.508 e. The van der Waals surface area contributed by atoms with Gasteiger partial charge in [0.15, 0.2) is 0 Å². The summed E-state index contributed by atoms with van der Waals surface area (Å²) in [7, 11) is 0. The molecular formula is C23H20N2O3. The summed E-state index contributed by atoms with van der Waals surface area (Å²) in [5.74, 6) is -0.213. The van der Waals surface area contributed by atoms with E-state index in [1.165, 1.54) is 5.56 Å². The van der Waals surface area contributed by atoms with Gasteiger partial charge in [-0.05, 0) is 52.4 Å². The molecule has 0 aliphatic rings. The maximum atomic E-state index is 11.2. The highest BCUT2D eigenvalue weighted by Gasteiger charge is 2.21. The van der Waals surface area contributed by atoms with Gasteiger partial charge < -0.3 is 9.67 Å². The lowest BCUT2D eigenvalue weighted by atomic mass is 9.90. The molecule has 0 aliphatic heterocycles. The number of rotatable bonds is 6. The molecule has 5 heteroatoms.